The summed E-state index contributed by atoms with van der Waals surface area (Å²) in [5.41, 5.74) is 0. The summed E-state index contributed by atoms with van der Waals surface area (Å²) in [6, 6.07) is 0. The first kappa shape index (κ1) is 15.0. The zero-order valence-electron chi connectivity index (χ0n) is 11.4. The maximum atomic E-state index is 4.11. The van der Waals surface area contributed by atoms with E-state index in [1.165, 1.54) is 77.0 Å². The Kier molecular flexibility index (Phi) is 7.24. The molecule has 0 bridgehead atoms. The van der Waals surface area contributed by atoms with Gasteiger partial charge in [-0.15, -0.1) is 0 Å². The second-order valence-electron chi connectivity index (χ2n) is 5.36. The van der Waals surface area contributed by atoms with Gasteiger partial charge in [-0.3, -0.25) is 0 Å². The number of halogens is 1. The fourth-order valence-electron chi connectivity index (χ4n) is 2.68. The fourth-order valence-corrected chi connectivity index (χ4v) is 8.56. The quantitative estimate of drug-likeness (QED) is 0.471. The summed E-state index contributed by atoms with van der Waals surface area (Å²) in [7, 11) is 0. The molecule has 2 rings (SSSR count). The van der Waals surface area contributed by atoms with Gasteiger partial charge in [0.25, 0.3) is 0 Å². The molecule has 0 fully saturated rings. The van der Waals surface area contributed by atoms with E-state index in [9.17, 15) is 0 Å². The van der Waals surface area contributed by atoms with Gasteiger partial charge >= 0.3 is 125 Å². The van der Waals surface area contributed by atoms with Crippen LogP contribution in [0.2, 0.25) is 0 Å². The zero-order chi connectivity index (χ0) is 12.6. The second kappa shape index (κ2) is 8.69. The standard InChI is InChI=1S/2C8H13.BrH.Rh/c2*1-2-4-6-8-7-5-3-1;;/h2*1H,2,4-8H2;1H;/q;;;+1/p-1. The van der Waals surface area contributed by atoms with Crippen molar-refractivity contribution in [3.05, 3.63) is 20.5 Å². The topological polar surface area (TPSA) is 0 Å². The molecule has 0 amide bonds. The molecule has 0 atom stereocenters. The molecule has 0 N–H and O–H groups in total. The Bertz CT molecular complexity index is 276. The minimum atomic E-state index is -0.833. The predicted molar refractivity (Wildman–Crippen MR) is 80.5 cm³/mol. The van der Waals surface area contributed by atoms with E-state index in [1.54, 1.807) is 8.33 Å². The summed E-state index contributed by atoms with van der Waals surface area (Å²) in [5.74, 6) is 0. The van der Waals surface area contributed by atoms with Crippen molar-refractivity contribution < 1.29 is 14.0 Å². The van der Waals surface area contributed by atoms with Gasteiger partial charge in [0.1, 0.15) is 0 Å². The maximum absolute atomic E-state index is 4.11. The van der Waals surface area contributed by atoms with Gasteiger partial charge in [-0.05, 0) is 0 Å². The first-order valence-corrected chi connectivity index (χ1v) is 12.9. The van der Waals surface area contributed by atoms with Crippen LogP contribution in [0.25, 0.3) is 0 Å². The number of hydrogen-bond donors (Lipinski definition) is 0. The van der Waals surface area contributed by atoms with Crippen molar-refractivity contribution in [1.82, 2.24) is 0 Å². The van der Waals surface area contributed by atoms with Gasteiger partial charge in [0.15, 0.2) is 0 Å². The molecule has 0 aromatic carbocycles. The Morgan fingerprint density at radius 2 is 1.11 bits per heavy atom. The molecule has 106 valence electrons. The van der Waals surface area contributed by atoms with Crippen molar-refractivity contribution in [2.75, 3.05) is 0 Å². The summed E-state index contributed by atoms with van der Waals surface area (Å²) in [6.45, 7) is 0. The number of rotatable bonds is 2. The molecule has 2 aliphatic rings. The number of allylic oxidation sites excluding steroid dienone is 4. The molecule has 0 saturated carbocycles. The molecule has 18 heavy (non-hydrogen) atoms. The van der Waals surface area contributed by atoms with Crippen LogP contribution in [0.1, 0.15) is 77.0 Å². The van der Waals surface area contributed by atoms with Gasteiger partial charge in [0.2, 0.25) is 0 Å². The Morgan fingerprint density at radius 3 is 1.61 bits per heavy atom. The van der Waals surface area contributed by atoms with Crippen molar-refractivity contribution in [3.63, 3.8) is 0 Å². The second-order valence-corrected chi connectivity index (χ2v) is 11.6. The molecule has 0 nitrogen and oxygen atoms in total. The average molecular weight is 401 g/mol. The van der Waals surface area contributed by atoms with E-state index in [2.05, 4.69) is 25.8 Å². The third-order valence-corrected chi connectivity index (χ3v) is 11.2. The van der Waals surface area contributed by atoms with Gasteiger partial charge in [0.05, 0.1) is 0 Å². The molecule has 2 heteroatoms. The molecule has 0 saturated heterocycles. The van der Waals surface area contributed by atoms with Crippen molar-refractivity contribution in [2.45, 2.75) is 77.0 Å². The zero-order valence-corrected chi connectivity index (χ0v) is 14.6. The van der Waals surface area contributed by atoms with E-state index < -0.39 is 14.0 Å². The van der Waals surface area contributed by atoms with Gasteiger partial charge in [-0.25, -0.2) is 0 Å². The molecule has 0 aromatic rings. The van der Waals surface area contributed by atoms with Gasteiger partial charge in [-0.1, -0.05) is 0 Å². The SMILES string of the molecule is [Br][Rh]([C]1=CCCCCCC1)[C]1=CCCCCCC1. The normalized spacial score (nSPS) is 23.9. The monoisotopic (exact) mass is 400 g/mol. The van der Waals surface area contributed by atoms with E-state index in [4.69, 9.17) is 0 Å². The predicted octanol–water partition coefficient (Wildman–Crippen LogP) is 6.39. The minimum absolute atomic E-state index is 0.833. The summed E-state index contributed by atoms with van der Waals surface area (Å²) in [6.07, 6.45) is 22.0. The summed E-state index contributed by atoms with van der Waals surface area (Å²) in [4.78, 5) is 0. The Balaban J connectivity index is 2.00. The molecule has 0 spiro atoms. The molecular weight excluding hydrogens is 375 g/mol. The molecule has 0 aromatic heterocycles. The van der Waals surface area contributed by atoms with E-state index in [0.717, 1.165) is 0 Å². The summed E-state index contributed by atoms with van der Waals surface area (Å²) < 4.78 is 3.60. The molecule has 0 radical (unpaired) electrons. The van der Waals surface area contributed by atoms with Crippen LogP contribution in [-0.2, 0) is 14.0 Å². The van der Waals surface area contributed by atoms with E-state index in [1.807, 2.05) is 0 Å². The summed E-state index contributed by atoms with van der Waals surface area (Å²) in [5, 5.41) is 0. The Labute approximate surface area is 125 Å². The van der Waals surface area contributed by atoms with Crippen LogP contribution < -0.4 is 0 Å². The van der Waals surface area contributed by atoms with Crippen molar-refractivity contribution >= 4 is 13.6 Å². The molecular formula is C16H26BrRh. The molecule has 0 aliphatic heterocycles. The van der Waals surface area contributed by atoms with Crippen molar-refractivity contribution in [2.24, 2.45) is 0 Å². The van der Waals surface area contributed by atoms with Crippen molar-refractivity contribution in [3.8, 4) is 0 Å². The summed E-state index contributed by atoms with van der Waals surface area (Å²) >= 11 is 3.28. The average Bonchev–Trinajstić information content (AvgIpc) is 2.27. The van der Waals surface area contributed by atoms with E-state index in [-0.39, 0.29) is 0 Å². The van der Waals surface area contributed by atoms with Gasteiger partial charge in [-0.2, -0.15) is 0 Å². The van der Waals surface area contributed by atoms with Crippen LogP contribution in [0, 0.1) is 0 Å². The molecule has 0 unspecified atom stereocenters. The fraction of sp³-hybridized carbons (Fsp3) is 0.750. The third-order valence-electron chi connectivity index (χ3n) is 3.81. The Morgan fingerprint density at radius 1 is 0.667 bits per heavy atom. The first-order chi connectivity index (χ1) is 8.88. The molecule has 2 aliphatic carbocycles. The van der Waals surface area contributed by atoms with Gasteiger partial charge in [0, 0.05) is 0 Å². The van der Waals surface area contributed by atoms with Crippen LogP contribution >= 0.6 is 13.6 Å². The third kappa shape index (κ3) is 4.93. The Hall–Kier alpha value is 0.583. The van der Waals surface area contributed by atoms with Crippen LogP contribution in [0.3, 0.4) is 0 Å². The van der Waals surface area contributed by atoms with Crippen LogP contribution in [0.4, 0.5) is 0 Å². The van der Waals surface area contributed by atoms with E-state index >= 15 is 0 Å². The first-order valence-electron chi connectivity index (χ1n) is 7.56. The van der Waals surface area contributed by atoms with E-state index in [0.29, 0.717) is 0 Å². The number of hydrogen-bond acceptors (Lipinski definition) is 0. The van der Waals surface area contributed by atoms with Gasteiger partial charge < -0.3 is 0 Å². The van der Waals surface area contributed by atoms with Crippen molar-refractivity contribution in [1.29, 1.82) is 0 Å². The van der Waals surface area contributed by atoms with Crippen LogP contribution in [0.5, 0.6) is 0 Å². The van der Waals surface area contributed by atoms with Crippen LogP contribution in [-0.4, -0.2) is 0 Å². The molecule has 0 heterocycles. The van der Waals surface area contributed by atoms with Crippen LogP contribution in [0.15, 0.2) is 20.5 Å².